The van der Waals surface area contributed by atoms with Crippen molar-refractivity contribution in [2.45, 2.75) is 46.5 Å². The van der Waals surface area contributed by atoms with Crippen LogP contribution in [0.25, 0.3) is 0 Å². The van der Waals surface area contributed by atoms with Gasteiger partial charge >= 0.3 is 5.97 Å². The van der Waals surface area contributed by atoms with E-state index in [0.29, 0.717) is 17.2 Å². The molecule has 1 atom stereocenters. The first-order valence-corrected chi connectivity index (χ1v) is 8.02. The Morgan fingerprint density at radius 1 is 1.35 bits per heavy atom. The fourth-order valence-electron chi connectivity index (χ4n) is 2.33. The van der Waals surface area contributed by atoms with Crippen LogP contribution in [0.3, 0.4) is 0 Å². The van der Waals surface area contributed by atoms with Crippen molar-refractivity contribution >= 4 is 28.2 Å². The molecule has 0 spiro atoms. The number of hydrogen-bond acceptors (Lipinski definition) is 4. The molecule has 20 heavy (non-hydrogen) atoms. The predicted molar refractivity (Wildman–Crippen MR) is 80.4 cm³/mol. The fourth-order valence-corrected chi connectivity index (χ4v) is 3.61. The lowest BCUT2D eigenvalue weighted by atomic mass is 10.1. The summed E-state index contributed by atoms with van der Waals surface area (Å²) in [6.07, 6.45) is 3.75. The van der Waals surface area contributed by atoms with Gasteiger partial charge in [-0.25, -0.2) is 4.79 Å². The summed E-state index contributed by atoms with van der Waals surface area (Å²) in [6.45, 7) is 6.01. The van der Waals surface area contributed by atoms with Crippen molar-refractivity contribution in [1.82, 2.24) is 0 Å². The van der Waals surface area contributed by atoms with E-state index in [1.807, 2.05) is 13.8 Å². The van der Waals surface area contributed by atoms with Gasteiger partial charge in [0.05, 0.1) is 12.2 Å². The first kappa shape index (κ1) is 15.0. The van der Waals surface area contributed by atoms with Gasteiger partial charge in [0.15, 0.2) is 0 Å². The van der Waals surface area contributed by atoms with Crippen LogP contribution in [0.15, 0.2) is 0 Å². The smallest absolute Gasteiger partial charge is 0.341 e. The predicted octanol–water partition coefficient (Wildman–Crippen LogP) is 3.40. The van der Waals surface area contributed by atoms with Crippen LogP contribution in [0.2, 0.25) is 0 Å². The van der Waals surface area contributed by atoms with E-state index < -0.39 is 0 Å². The average molecular weight is 295 g/mol. The molecule has 0 radical (unpaired) electrons. The molecule has 0 aromatic carbocycles. The Morgan fingerprint density at radius 3 is 2.75 bits per heavy atom. The molecule has 1 aliphatic rings. The number of anilines is 1. The van der Waals surface area contributed by atoms with Crippen LogP contribution in [0.5, 0.6) is 0 Å². The van der Waals surface area contributed by atoms with Gasteiger partial charge in [-0.2, -0.15) is 0 Å². The monoisotopic (exact) mass is 295 g/mol. The lowest BCUT2D eigenvalue weighted by Gasteiger charge is -2.11. The fraction of sp³-hybridized carbons (Fsp3) is 0.600. The Labute approximate surface area is 123 Å². The van der Waals surface area contributed by atoms with E-state index in [4.69, 9.17) is 4.74 Å². The SMILES string of the molecule is CCOC(=O)c1c(NC(=O)C(C)CC)sc2c1CCC2. The number of thiophene rings is 1. The van der Waals surface area contributed by atoms with Gasteiger partial charge in [0.25, 0.3) is 0 Å². The highest BCUT2D eigenvalue weighted by atomic mass is 32.1. The summed E-state index contributed by atoms with van der Waals surface area (Å²) in [4.78, 5) is 25.4. The van der Waals surface area contributed by atoms with Crippen LogP contribution in [-0.4, -0.2) is 18.5 Å². The van der Waals surface area contributed by atoms with Crippen LogP contribution < -0.4 is 5.32 Å². The molecular formula is C15H21NO3S. The molecule has 1 amide bonds. The lowest BCUT2D eigenvalue weighted by molar-refractivity contribution is -0.119. The summed E-state index contributed by atoms with van der Waals surface area (Å²) < 4.78 is 5.14. The first-order valence-electron chi connectivity index (χ1n) is 7.20. The van der Waals surface area contributed by atoms with E-state index in [1.165, 1.54) is 16.2 Å². The molecule has 110 valence electrons. The van der Waals surface area contributed by atoms with Crippen LogP contribution in [0, 0.1) is 5.92 Å². The molecule has 1 aromatic rings. The van der Waals surface area contributed by atoms with Crippen molar-refractivity contribution in [3.8, 4) is 0 Å². The molecule has 4 nitrogen and oxygen atoms in total. The molecule has 1 N–H and O–H groups in total. The number of carbonyl (C=O) groups is 2. The molecule has 5 heteroatoms. The van der Waals surface area contributed by atoms with Gasteiger partial charge in [-0.1, -0.05) is 13.8 Å². The maximum atomic E-state index is 12.1. The molecule has 0 bridgehead atoms. The Balaban J connectivity index is 2.29. The Morgan fingerprint density at radius 2 is 2.10 bits per heavy atom. The second-order valence-electron chi connectivity index (χ2n) is 5.08. The summed E-state index contributed by atoms with van der Waals surface area (Å²) >= 11 is 1.53. The Hall–Kier alpha value is -1.36. The van der Waals surface area contributed by atoms with Crippen molar-refractivity contribution in [3.63, 3.8) is 0 Å². The molecule has 0 fully saturated rings. The molecule has 0 saturated heterocycles. The van der Waals surface area contributed by atoms with E-state index in [0.717, 1.165) is 31.2 Å². The van der Waals surface area contributed by atoms with E-state index in [2.05, 4.69) is 5.32 Å². The minimum atomic E-state index is -0.314. The zero-order valence-electron chi connectivity index (χ0n) is 12.2. The van der Waals surface area contributed by atoms with Gasteiger partial charge < -0.3 is 10.1 Å². The molecule has 1 aliphatic carbocycles. The van der Waals surface area contributed by atoms with Gasteiger partial charge in [-0.3, -0.25) is 4.79 Å². The van der Waals surface area contributed by atoms with E-state index in [-0.39, 0.29) is 17.8 Å². The van der Waals surface area contributed by atoms with Gasteiger partial charge in [0.2, 0.25) is 5.91 Å². The Kier molecular flexibility index (Phi) is 4.81. The molecule has 1 unspecified atom stereocenters. The quantitative estimate of drug-likeness (QED) is 0.847. The maximum absolute atomic E-state index is 12.1. The highest BCUT2D eigenvalue weighted by Crippen LogP contribution is 2.39. The number of ether oxygens (including phenoxy) is 1. The van der Waals surface area contributed by atoms with E-state index >= 15 is 0 Å². The van der Waals surface area contributed by atoms with E-state index in [9.17, 15) is 9.59 Å². The lowest BCUT2D eigenvalue weighted by Crippen LogP contribution is -2.21. The highest BCUT2D eigenvalue weighted by molar-refractivity contribution is 7.17. The van der Waals surface area contributed by atoms with Gasteiger partial charge in [-0.15, -0.1) is 11.3 Å². The second kappa shape index (κ2) is 6.39. The number of fused-ring (bicyclic) bond motifs is 1. The summed E-state index contributed by atoms with van der Waals surface area (Å²) in [5.74, 6) is -0.397. The number of aryl methyl sites for hydroxylation is 1. The molecule has 1 aromatic heterocycles. The largest absolute Gasteiger partial charge is 0.462 e. The van der Waals surface area contributed by atoms with Crippen LogP contribution in [-0.2, 0) is 22.4 Å². The zero-order chi connectivity index (χ0) is 14.7. The van der Waals surface area contributed by atoms with Crippen molar-refractivity contribution < 1.29 is 14.3 Å². The van der Waals surface area contributed by atoms with Crippen LogP contribution >= 0.6 is 11.3 Å². The number of nitrogens with one attached hydrogen (secondary N) is 1. The Bertz CT molecular complexity index is 521. The summed E-state index contributed by atoms with van der Waals surface area (Å²) in [7, 11) is 0. The van der Waals surface area contributed by atoms with Gasteiger partial charge in [0, 0.05) is 10.8 Å². The number of esters is 1. The van der Waals surface area contributed by atoms with E-state index in [1.54, 1.807) is 6.92 Å². The molecular weight excluding hydrogens is 274 g/mol. The van der Waals surface area contributed by atoms with Crippen molar-refractivity contribution in [1.29, 1.82) is 0 Å². The summed E-state index contributed by atoms with van der Waals surface area (Å²) in [5.41, 5.74) is 1.66. The van der Waals surface area contributed by atoms with Crippen molar-refractivity contribution in [2.75, 3.05) is 11.9 Å². The first-order chi connectivity index (χ1) is 9.58. The standard InChI is InChI=1S/C15H21NO3S/c1-4-9(3)13(17)16-14-12(15(18)19-5-2)10-7-6-8-11(10)20-14/h9H,4-8H2,1-3H3,(H,16,17). The number of carbonyl (C=O) groups excluding carboxylic acids is 2. The summed E-state index contributed by atoms with van der Waals surface area (Å²) in [6, 6.07) is 0. The third-order valence-corrected chi connectivity index (χ3v) is 4.90. The van der Waals surface area contributed by atoms with Crippen LogP contribution in [0.1, 0.15) is 54.4 Å². The third kappa shape index (κ3) is 2.87. The molecule has 0 saturated carbocycles. The minimum Gasteiger partial charge on any atom is -0.462 e. The second-order valence-corrected chi connectivity index (χ2v) is 6.19. The number of hydrogen-bond donors (Lipinski definition) is 1. The normalized spacial score (nSPS) is 14.8. The van der Waals surface area contributed by atoms with Crippen molar-refractivity contribution in [2.24, 2.45) is 5.92 Å². The minimum absolute atomic E-state index is 0.0297. The maximum Gasteiger partial charge on any atom is 0.341 e. The third-order valence-electron chi connectivity index (χ3n) is 3.70. The summed E-state index contributed by atoms with van der Waals surface area (Å²) in [5, 5.41) is 3.57. The van der Waals surface area contributed by atoms with Crippen LogP contribution in [0.4, 0.5) is 5.00 Å². The van der Waals surface area contributed by atoms with Gasteiger partial charge in [-0.05, 0) is 38.2 Å². The molecule has 0 aliphatic heterocycles. The van der Waals surface area contributed by atoms with Crippen molar-refractivity contribution in [3.05, 3.63) is 16.0 Å². The number of amides is 1. The molecule has 2 rings (SSSR count). The molecule has 1 heterocycles. The average Bonchev–Trinajstić information content (AvgIpc) is 2.97. The van der Waals surface area contributed by atoms with Gasteiger partial charge in [0.1, 0.15) is 5.00 Å². The topological polar surface area (TPSA) is 55.4 Å². The highest BCUT2D eigenvalue weighted by Gasteiger charge is 2.28. The number of rotatable bonds is 5. The zero-order valence-corrected chi connectivity index (χ0v) is 13.1.